The molecule has 1 aliphatic heterocycles. The zero-order valence-electron chi connectivity index (χ0n) is 13.3. The maximum Gasteiger partial charge on any atom is 0.354 e. The van der Waals surface area contributed by atoms with Gasteiger partial charge in [0.2, 0.25) is 0 Å². The largest absolute Gasteiger partial charge is 0.492 e. The number of carbonyl (C=O) groups is 1. The zero-order chi connectivity index (χ0) is 16.1. The summed E-state index contributed by atoms with van der Waals surface area (Å²) in [6.07, 6.45) is 0.533. The topological polar surface area (TPSA) is 75.2 Å². The molecule has 1 aromatic heterocycles. The first-order valence-corrected chi connectivity index (χ1v) is 7.38. The lowest BCUT2D eigenvalue weighted by molar-refractivity contribution is 0.0689. The number of carboxylic acids is 1. The van der Waals surface area contributed by atoms with Crippen LogP contribution < -0.4 is 4.74 Å². The van der Waals surface area contributed by atoms with E-state index in [0.717, 1.165) is 28.0 Å². The molecule has 5 heteroatoms. The Bertz CT molecular complexity index is 754. The molecule has 2 heterocycles. The first-order chi connectivity index (χ1) is 10.3. The van der Waals surface area contributed by atoms with E-state index in [1.165, 1.54) is 0 Å². The summed E-state index contributed by atoms with van der Waals surface area (Å²) >= 11 is 0. The third kappa shape index (κ3) is 2.26. The van der Waals surface area contributed by atoms with Crippen LogP contribution in [0.3, 0.4) is 0 Å². The Kier molecular flexibility index (Phi) is 3.24. The summed E-state index contributed by atoms with van der Waals surface area (Å²) in [6, 6.07) is 4.15. The third-order valence-corrected chi connectivity index (χ3v) is 3.98. The SMILES string of the molecule is Cc1cc2c(c(C(C)(C)C)c1)OCCc1c-2n[nH]c1C(=O)O. The summed E-state index contributed by atoms with van der Waals surface area (Å²) < 4.78 is 5.99. The fourth-order valence-corrected chi connectivity index (χ4v) is 2.93. The van der Waals surface area contributed by atoms with Gasteiger partial charge in [-0.15, -0.1) is 0 Å². The number of ether oxygens (including phenoxy) is 1. The molecule has 22 heavy (non-hydrogen) atoms. The van der Waals surface area contributed by atoms with Crippen LogP contribution in [0.2, 0.25) is 0 Å². The van der Waals surface area contributed by atoms with E-state index >= 15 is 0 Å². The van der Waals surface area contributed by atoms with Gasteiger partial charge in [0.25, 0.3) is 0 Å². The van der Waals surface area contributed by atoms with Crippen molar-refractivity contribution in [2.24, 2.45) is 0 Å². The van der Waals surface area contributed by atoms with Crippen molar-refractivity contribution in [3.05, 3.63) is 34.5 Å². The van der Waals surface area contributed by atoms with Crippen molar-refractivity contribution in [1.82, 2.24) is 10.2 Å². The van der Waals surface area contributed by atoms with Gasteiger partial charge in [0, 0.05) is 23.1 Å². The third-order valence-electron chi connectivity index (χ3n) is 3.98. The van der Waals surface area contributed by atoms with Gasteiger partial charge in [0.1, 0.15) is 17.1 Å². The van der Waals surface area contributed by atoms with E-state index < -0.39 is 5.97 Å². The Hall–Kier alpha value is -2.30. The number of aromatic nitrogens is 2. The van der Waals surface area contributed by atoms with Crippen LogP contribution in [0, 0.1) is 6.92 Å². The van der Waals surface area contributed by atoms with Crippen molar-refractivity contribution in [2.45, 2.75) is 39.5 Å². The lowest BCUT2D eigenvalue weighted by Gasteiger charge is -2.24. The maximum atomic E-state index is 11.3. The summed E-state index contributed by atoms with van der Waals surface area (Å²) in [7, 11) is 0. The summed E-state index contributed by atoms with van der Waals surface area (Å²) in [5.74, 6) is -0.166. The van der Waals surface area contributed by atoms with Crippen LogP contribution in [0.5, 0.6) is 5.75 Å². The molecule has 0 atom stereocenters. The van der Waals surface area contributed by atoms with E-state index in [9.17, 15) is 9.90 Å². The van der Waals surface area contributed by atoms with Gasteiger partial charge in [0.05, 0.1) is 6.61 Å². The van der Waals surface area contributed by atoms with Crippen LogP contribution in [-0.2, 0) is 11.8 Å². The summed E-state index contributed by atoms with van der Waals surface area (Å²) in [5, 5.41) is 16.2. The molecule has 0 unspecified atom stereocenters. The number of hydrogen-bond acceptors (Lipinski definition) is 3. The molecule has 0 fully saturated rings. The molecular weight excluding hydrogens is 280 g/mol. The molecule has 1 aliphatic rings. The van der Waals surface area contributed by atoms with E-state index in [1.54, 1.807) is 0 Å². The summed E-state index contributed by atoms with van der Waals surface area (Å²) in [4.78, 5) is 11.3. The van der Waals surface area contributed by atoms with Crippen LogP contribution in [0.1, 0.15) is 48.0 Å². The highest BCUT2D eigenvalue weighted by atomic mass is 16.5. The number of H-pyrrole nitrogens is 1. The molecule has 0 saturated carbocycles. The van der Waals surface area contributed by atoms with Gasteiger partial charge >= 0.3 is 5.97 Å². The Morgan fingerprint density at radius 3 is 2.73 bits per heavy atom. The van der Waals surface area contributed by atoms with Gasteiger partial charge in [-0.05, 0) is 24.0 Å². The molecule has 5 nitrogen and oxygen atoms in total. The standard InChI is InChI=1S/C17H20N2O3/c1-9-7-11-13-10(14(16(20)21)19-18-13)5-6-22-15(11)12(8-9)17(2,3)4/h7-8H,5-6H2,1-4H3,(H,18,19)(H,20,21). The molecule has 3 rings (SSSR count). The van der Waals surface area contributed by atoms with Crippen molar-refractivity contribution >= 4 is 5.97 Å². The number of benzene rings is 1. The molecule has 116 valence electrons. The van der Waals surface area contributed by atoms with Crippen molar-refractivity contribution in [3.8, 4) is 17.0 Å². The Labute approximate surface area is 129 Å². The molecule has 0 aliphatic carbocycles. The maximum absolute atomic E-state index is 11.3. The second-order valence-corrected chi connectivity index (χ2v) is 6.77. The minimum atomic E-state index is -0.985. The molecule has 2 N–H and O–H groups in total. The number of fused-ring (bicyclic) bond motifs is 3. The number of aromatic amines is 1. The average Bonchev–Trinajstić information content (AvgIpc) is 2.75. The van der Waals surface area contributed by atoms with Crippen molar-refractivity contribution < 1.29 is 14.6 Å². The highest BCUT2D eigenvalue weighted by molar-refractivity contribution is 5.90. The zero-order valence-corrected chi connectivity index (χ0v) is 13.3. The Morgan fingerprint density at radius 1 is 1.36 bits per heavy atom. The smallest absolute Gasteiger partial charge is 0.354 e. The van der Waals surface area contributed by atoms with Crippen molar-refractivity contribution in [1.29, 1.82) is 0 Å². The number of hydrogen-bond donors (Lipinski definition) is 2. The van der Waals surface area contributed by atoms with Crippen LogP contribution in [0.15, 0.2) is 12.1 Å². The highest BCUT2D eigenvalue weighted by Crippen LogP contribution is 2.42. The number of aryl methyl sites for hydroxylation is 1. The fraction of sp³-hybridized carbons (Fsp3) is 0.412. The number of carboxylic acid groups (broad SMARTS) is 1. The lowest BCUT2D eigenvalue weighted by atomic mass is 9.83. The lowest BCUT2D eigenvalue weighted by Crippen LogP contribution is -2.14. The van der Waals surface area contributed by atoms with Gasteiger partial charge in [-0.2, -0.15) is 5.10 Å². The van der Waals surface area contributed by atoms with Crippen LogP contribution in [0.4, 0.5) is 0 Å². The van der Waals surface area contributed by atoms with Gasteiger partial charge in [-0.25, -0.2) is 4.79 Å². The fourth-order valence-electron chi connectivity index (χ4n) is 2.93. The van der Waals surface area contributed by atoms with E-state index in [1.807, 2.05) is 13.0 Å². The normalized spacial score (nSPS) is 13.8. The van der Waals surface area contributed by atoms with E-state index in [4.69, 9.17) is 4.74 Å². The molecule has 0 saturated heterocycles. The van der Waals surface area contributed by atoms with Gasteiger partial charge < -0.3 is 9.84 Å². The minimum Gasteiger partial charge on any atom is -0.492 e. The Balaban J connectivity index is 2.30. The van der Waals surface area contributed by atoms with Crippen LogP contribution in [-0.4, -0.2) is 27.9 Å². The highest BCUT2D eigenvalue weighted by Gasteiger charge is 2.29. The molecule has 0 amide bonds. The van der Waals surface area contributed by atoms with Gasteiger partial charge in [0.15, 0.2) is 0 Å². The van der Waals surface area contributed by atoms with E-state index in [2.05, 4.69) is 37.0 Å². The predicted molar refractivity (Wildman–Crippen MR) is 83.6 cm³/mol. The molecule has 2 aromatic rings. The second kappa shape index (κ2) is 4.87. The Morgan fingerprint density at radius 2 is 2.09 bits per heavy atom. The van der Waals surface area contributed by atoms with Crippen molar-refractivity contribution in [2.75, 3.05) is 6.61 Å². The average molecular weight is 300 g/mol. The number of nitrogens with one attached hydrogen (secondary N) is 1. The first-order valence-electron chi connectivity index (χ1n) is 7.38. The molecule has 1 aromatic carbocycles. The summed E-state index contributed by atoms with van der Waals surface area (Å²) in [6.45, 7) is 8.91. The first kappa shape index (κ1) is 14.6. The quantitative estimate of drug-likeness (QED) is 0.847. The number of nitrogens with zero attached hydrogens (tertiary/aromatic N) is 1. The van der Waals surface area contributed by atoms with Gasteiger partial charge in [-0.1, -0.05) is 26.8 Å². The molecule has 0 bridgehead atoms. The molecule has 0 radical (unpaired) electrons. The predicted octanol–water partition coefficient (Wildman–Crippen LogP) is 3.32. The molecular formula is C17H20N2O3. The van der Waals surface area contributed by atoms with E-state index in [-0.39, 0.29) is 11.1 Å². The van der Waals surface area contributed by atoms with E-state index in [0.29, 0.717) is 18.7 Å². The number of aromatic carboxylic acids is 1. The van der Waals surface area contributed by atoms with Crippen LogP contribution in [0.25, 0.3) is 11.3 Å². The number of rotatable bonds is 1. The second-order valence-electron chi connectivity index (χ2n) is 6.77. The molecule has 0 spiro atoms. The van der Waals surface area contributed by atoms with Crippen LogP contribution >= 0.6 is 0 Å². The van der Waals surface area contributed by atoms with Gasteiger partial charge in [-0.3, -0.25) is 5.10 Å². The van der Waals surface area contributed by atoms with Crippen molar-refractivity contribution in [3.63, 3.8) is 0 Å². The minimum absolute atomic E-state index is 0.0630. The monoisotopic (exact) mass is 300 g/mol. The summed E-state index contributed by atoms with van der Waals surface area (Å²) in [5.41, 5.74) is 4.62.